The number of carboxylic acid groups (broad SMARTS) is 1. The van der Waals surface area contributed by atoms with E-state index < -0.39 is 16.8 Å². The summed E-state index contributed by atoms with van der Waals surface area (Å²) >= 11 is 5.90. The van der Waals surface area contributed by atoms with Gasteiger partial charge in [-0.2, -0.15) is 0 Å². The average Bonchev–Trinajstić information content (AvgIpc) is 2.01. The van der Waals surface area contributed by atoms with Gasteiger partial charge in [0.1, 0.15) is 0 Å². The third-order valence-electron chi connectivity index (χ3n) is 1.84. The summed E-state index contributed by atoms with van der Waals surface area (Å²) in [6.45, 7) is 5.60. The van der Waals surface area contributed by atoms with Gasteiger partial charge in [0.2, 0.25) is 0 Å². The second kappa shape index (κ2) is 5.95. The number of hydrogen-bond donors (Lipinski definition) is 1. The number of hydrogen-bond acceptors (Lipinski definition) is 3. The molecule has 15 heavy (non-hydrogen) atoms. The van der Waals surface area contributed by atoms with Crippen molar-refractivity contribution in [3.63, 3.8) is 0 Å². The molecule has 0 aromatic rings. The van der Waals surface area contributed by atoms with Gasteiger partial charge in [-0.25, -0.2) is 0 Å². The maximum absolute atomic E-state index is 11.2. The first-order chi connectivity index (χ1) is 6.81. The van der Waals surface area contributed by atoms with E-state index in [1.165, 1.54) is 0 Å². The molecule has 0 rings (SSSR count). The van der Waals surface area contributed by atoms with Crippen LogP contribution in [0.15, 0.2) is 0 Å². The van der Waals surface area contributed by atoms with E-state index in [1.807, 2.05) is 13.8 Å². The maximum Gasteiger partial charge on any atom is 0.325 e. The lowest BCUT2D eigenvalue weighted by atomic mass is 9.93. The lowest BCUT2D eigenvalue weighted by Crippen LogP contribution is -2.37. The van der Waals surface area contributed by atoms with Gasteiger partial charge in [-0.3, -0.25) is 9.59 Å². The molecule has 0 saturated heterocycles. The van der Waals surface area contributed by atoms with Crippen LogP contribution < -0.4 is 0 Å². The van der Waals surface area contributed by atoms with Crippen molar-refractivity contribution in [2.24, 2.45) is 5.92 Å². The predicted octanol–water partition coefficient (Wildman–Crippen LogP) is 2.05. The van der Waals surface area contributed by atoms with E-state index in [4.69, 9.17) is 16.7 Å². The van der Waals surface area contributed by atoms with Gasteiger partial charge in [-0.1, -0.05) is 13.8 Å². The first kappa shape index (κ1) is 14.2. The second-order valence-electron chi connectivity index (χ2n) is 3.85. The topological polar surface area (TPSA) is 63.6 Å². The highest BCUT2D eigenvalue weighted by Crippen LogP contribution is 2.29. The number of carbonyl (C=O) groups excluding carboxylic acids is 1. The molecule has 0 fully saturated rings. The van der Waals surface area contributed by atoms with E-state index in [0.717, 1.165) is 0 Å². The van der Waals surface area contributed by atoms with E-state index in [1.54, 1.807) is 6.92 Å². The first-order valence-electron chi connectivity index (χ1n) is 4.89. The van der Waals surface area contributed by atoms with Gasteiger partial charge in [0.05, 0.1) is 13.0 Å². The Hall–Kier alpha value is -0.770. The smallest absolute Gasteiger partial charge is 0.325 e. The van der Waals surface area contributed by atoms with Crippen molar-refractivity contribution < 1.29 is 19.4 Å². The van der Waals surface area contributed by atoms with Crippen LogP contribution in [0.25, 0.3) is 0 Å². The van der Waals surface area contributed by atoms with E-state index in [9.17, 15) is 9.59 Å². The molecule has 0 amide bonds. The summed E-state index contributed by atoms with van der Waals surface area (Å²) < 4.78 is 4.68. The van der Waals surface area contributed by atoms with Gasteiger partial charge in [-0.15, -0.1) is 11.6 Å². The number of aliphatic carboxylic acids is 1. The number of ether oxygens (including phenoxy) is 1. The van der Waals surface area contributed by atoms with E-state index >= 15 is 0 Å². The maximum atomic E-state index is 11.2. The minimum Gasteiger partial charge on any atom is -0.480 e. The van der Waals surface area contributed by atoms with Crippen molar-refractivity contribution in [3.05, 3.63) is 0 Å². The molecular formula is C10H17ClO4. The monoisotopic (exact) mass is 236 g/mol. The molecule has 0 aromatic carbocycles. The molecule has 1 atom stereocenters. The summed E-state index contributed by atoms with van der Waals surface area (Å²) in [5.41, 5.74) is 0. The quantitative estimate of drug-likeness (QED) is 0.566. The third-order valence-corrected chi connectivity index (χ3v) is 2.29. The first-order valence-corrected chi connectivity index (χ1v) is 5.27. The highest BCUT2D eigenvalue weighted by molar-refractivity contribution is 6.34. The van der Waals surface area contributed by atoms with Crippen molar-refractivity contribution in [3.8, 4) is 0 Å². The Morgan fingerprint density at radius 3 is 2.33 bits per heavy atom. The summed E-state index contributed by atoms with van der Waals surface area (Å²) in [5.74, 6) is -1.64. The Bertz CT molecular complexity index is 240. The zero-order chi connectivity index (χ0) is 12.1. The van der Waals surface area contributed by atoms with Crippen LogP contribution >= 0.6 is 11.6 Å². The number of carbonyl (C=O) groups is 2. The molecule has 0 saturated carbocycles. The second-order valence-corrected chi connectivity index (χ2v) is 4.57. The predicted molar refractivity (Wildman–Crippen MR) is 56.9 cm³/mol. The fourth-order valence-corrected chi connectivity index (χ4v) is 1.74. The SMILES string of the molecule is CCOC(=O)C[C@](Cl)(CC(C)C)C(=O)O. The van der Waals surface area contributed by atoms with Gasteiger partial charge >= 0.3 is 11.9 Å². The Labute approximate surface area is 94.6 Å². The van der Waals surface area contributed by atoms with Gasteiger partial charge < -0.3 is 9.84 Å². The molecule has 0 aliphatic heterocycles. The van der Waals surface area contributed by atoms with Crippen LogP contribution in [0.4, 0.5) is 0 Å². The molecule has 0 heterocycles. The van der Waals surface area contributed by atoms with Crippen molar-refractivity contribution in [1.82, 2.24) is 0 Å². The van der Waals surface area contributed by atoms with Crippen LogP contribution in [0.5, 0.6) is 0 Å². The fourth-order valence-electron chi connectivity index (χ4n) is 1.32. The standard InChI is InChI=1S/C10H17ClO4/c1-4-15-8(12)6-10(11,9(13)14)5-7(2)3/h7H,4-6H2,1-3H3,(H,13,14)/t10-/m1/s1. The lowest BCUT2D eigenvalue weighted by molar-refractivity contribution is -0.150. The number of esters is 1. The largest absolute Gasteiger partial charge is 0.480 e. The molecule has 1 N–H and O–H groups in total. The van der Waals surface area contributed by atoms with Crippen LogP contribution in [0, 0.1) is 5.92 Å². The van der Waals surface area contributed by atoms with Crippen LogP contribution in [0.2, 0.25) is 0 Å². The summed E-state index contributed by atoms with van der Waals surface area (Å²) in [6.07, 6.45) is -0.0569. The van der Waals surface area contributed by atoms with Crippen molar-refractivity contribution >= 4 is 23.5 Å². The zero-order valence-corrected chi connectivity index (χ0v) is 10.0. The highest BCUT2D eigenvalue weighted by atomic mass is 35.5. The molecule has 0 aliphatic rings. The number of carboxylic acids is 1. The lowest BCUT2D eigenvalue weighted by Gasteiger charge is -2.22. The molecule has 0 unspecified atom stereocenters. The van der Waals surface area contributed by atoms with Crippen LogP contribution in [-0.4, -0.2) is 28.5 Å². The number of rotatable bonds is 6. The minimum atomic E-state index is -1.54. The van der Waals surface area contributed by atoms with Crippen LogP contribution in [0.3, 0.4) is 0 Å². The van der Waals surface area contributed by atoms with Crippen molar-refractivity contribution in [2.45, 2.75) is 38.5 Å². The number of halogens is 1. The van der Waals surface area contributed by atoms with Crippen molar-refractivity contribution in [2.75, 3.05) is 6.61 Å². The van der Waals surface area contributed by atoms with Crippen LogP contribution in [-0.2, 0) is 14.3 Å². The molecule has 5 heteroatoms. The molecule has 0 radical (unpaired) electrons. The summed E-state index contributed by atoms with van der Waals surface area (Å²) in [6, 6.07) is 0. The van der Waals surface area contributed by atoms with E-state index in [0.29, 0.717) is 0 Å². The zero-order valence-electron chi connectivity index (χ0n) is 9.25. The Kier molecular flexibility index (Phi) is 5.65. The van der Waals surface area contributed by atoms with Gasteiger partial charge in [0, 0.05) is 0 Å². The third kappa shape index (κ3) is 5.02. The molecule has 0 bridgehead atoms. The highest BCUT2D eigenvalue weighted by Gasteiger charge is 2.39. The Morgan fingerprint density at radius 1 is 1.47 bits per heavy atom. The Morgan fingerprint density at radius 2 is 2.00 bits per heavy atom. The Balaban J connectivity index is 4.51. The van der Waals surface area contributed by atoms with E-state index in [2.05, 4.69) is 4.74 Å². The van der Waals surface area contributed by atoms with Crippen molar-refractivity contribution in [1.29, 1.82) is 0 Å². The summed E-state index contributed by atoms with van der Waals surface area (Å²) in [4.78, 5) is 20.6. The molecule has 0 spiro atoms. The van der Waals surface area contributed by atoms with Crippen LogP contribution in [0.1, 0.15) is 33.6 Å². The minimum absolute atomic E-state index is 0.105. The molecule has 0 aliphatic carbocycles. The summed E-state index contributed by atoms with van der Waals surface area (Å²) in [7, 11) is 0. The normalized spacial score (nSPS) is 14.7. The molecule has 0 aromatic heterocycles. The van der Waals surface area contributed by atoms with E-state index in [-0.39, 0.29) is 25.4 Å². The fraction of sp³-hybridized carbons (Fsp3) is 0.800. The van der Waals surface area contributed by atoms with Gasteiger partial charge in [0.25, 0.3) is 0 Å². The number of alkyl halides is 1. The summed E-state index contributed by atoms with van der Waals surface area (Å²) in [5, 5.41) is 8.96. The molecular weight excluding hydrogens is 220 g/mol. The molecule has 88 valence electrons. The van der Waals surface area contributed by atoms with Gasteiger partial charge in [-0.05, 0) is 19.3 Å². The van der Waals surface area contributed by atoms with Gasteiger partial charge in [0.15, 0.2) is 4.87 Å². The molecule has 4 nitrogen and oxygen atoms in total. The average molecular weight is 237 g/mol.